The quantitative estimate of drug-likeness (QED) is 0.379. The summed E-state index contributed by atoms with van der Waals surface area (Å²) in [6, 6.07) is -0.528. The minimum Gasteiger partial charge on any atom is -0.808 e. The predicted octanol–water partition coefficient (Wildman–Crippen LogP) is -5.92. The van der Waals surface area contributed by atoms with Gasteiger partial charge in [0, 0.05) is 19.0 Å². The molecule has 1 aliphatic carbocycles. The normalized spacial score (nSPS) is 23.0. The van der Waals surface area contributed by atoms with Crippen LogP contribution in [-0.2, 0) is 9.36 Å². The Hall–Kier alpha value is 1.32. The molecule has 0 aromatic carbocycles. The molecule has 0 saturated carbocycles. The minimum atomic E-state index is -4.70. The van der Waals surface area contributed by atoms with Crippen molar-refractivity contribution < 1.29 is 78.3 Å². The van der Waals surface area contributed by atoms with Crippen LogP contribution in [0, 0.1) is 11.8 Å². The molecule has 9 heteroatoms. The SMILES string of the molecule is CC(=O)NC(CC(C)C)C1CC=C(P(=O)([O-])[O-])CC1N.[Na+].[Na+]. The first-order valence-electron chi connectivity index (χ1n) is 6.85. The number of hydrogen-bond donors (Lipinski definition) is 2. The van der Waals surface area contributed by atoms with Crippen LogP contribution in [0.25, 0.3) is 0 Å². The van der Waals surface area contributed by atoms with E-state index in [0.717, 1.165) is 6.42 Å². The van der Waals surface area contributed by atoms with Crippen molar-refractivity contribution in [1.29, 1.82) is 0 Å². The Morgan fingerprint density at radius 1 is 1.45 bits per heavy atom. The Morgan fingerprint density at radius 3 is 2.36 bits per heavy atom. The molecular formula is C13H23N2Na2O4P. The van der Waals surface area contributed by atoms with Gasteiger partial charge in [-0.1, -0.05) is 19.9 Å². The van der Waals surface area contributed by atoms with Gasteiger partial charge in [-0.25, -0.2) is 0 Å². The van der Waals surface area contributed by atoms with E-state index in [4.69, 9.17) is 5.73 Å². The largest absolute Gasteiger partial charge is 1.00 e. The van der Waals surface area contributed by atoms with Crippen LogP contribution in [0.15, 0.2) is 11.4 Å². The number of carbonyl (C=O) groups excluding carboxylic acids is 1. The molecule has 3 N–H and O–H groups in total. The molecule has 0 fully saturated rings. The first kappa shape index (κ1) is 25.6. The molecule has 0 heterocycles. The van der Waals surface area contributed by atoms with E-state index >= 15 is 0 Å². The van der Waals surface area contributed by atoms with Crippen LogP contribution < -0.4 is 80.0 Å². The van der Waals surface area contributed by atoms with Gasteiger partial charge in [-0.05, 0) is 44.0 Å². The zero-order chi connectivity index (χ0) is 15.5. The fourth-order valence-corrected chi connectivity index (χ4v) is 3.48. The Balaban J connectivity index is 0. The molecule has 116 valence electrons. The molecule has 22 heavy (non-hydrogen) atoms. The van der Waals surface area contributed by atoms with Crippen molar-refractivity contribution in [3.8, 4) is 0 Å². The van der Waals surface area contributed by atoms with Gasteiger partial charge in [-0.2, -0.15) is 0 Å². The zero-order valence-corrected chi connectivity index (χ0v) is 19.1. The molecule has 0 bridgehead atoms. The second kappa shape index (κ2) is 11.0. The van der Waals surface area contributed by atoms with Crippen LogP contribution in [0.3, 0.4) is 0 Å². The van der Waals surface area contributed by atoms with Crippen LogP contribution in [0.2, 0.25) is 0 Å². The molecule has 3 atom stereocenters. The number of nitrogens with one attached hydrogen (secondary N) is 1. The molecule has 6 nitrogen and oxygen atoms in total. The van der Waals surface area contributed by atoms with E-state index in [1.165, 1.54) is 13.0 Å². The summed E-state index contributed by atoms with van der Waals surface area (Å²) in [7, 11) is -4.70. The Labute approximate surface area is 176 Å². The molecule has 1 aliphatic rings. The summed E-state index contributed by atoms with van der Waals surface area (Å²) < 4.78 is 11.0. The van der Waals surface area contributed by atoms with Crippen LogP contribution in [-0.4, -0.2) is 18.0 Å². The molecule has 1 amide bonds. The molecular weight excluding hydrogens is 325 g/mol. The molecule has 0 aromatic heterocycles. The van der Waals surface area contributed by atoms with Crippen LogP contribution >= 0.6 is 7.60 Å². The van der Waals surface area contributed by atoms with Crippen LogP contribution in [0.5, 0.6) is 0 Å². The number of amides is 1. The summed E-state index contributed by atoms with van der Waals surface area (Å²) in [6.45, 7) is 5.55. The zero-order valence-electron chi connectivity index (χ0n) is 14.2. The number of nitrogens with two attached hydrogens (primary N) is 1. The number of carbonyl (C=O) groups is 1. The first-order chi connectivity index (χ1) is 9.11. The third-order valence-electron chi connectivity index (χ3n) is 3.60. The van der Waals surface area contributed by atoms with Crippen molar-refractivity contribution in [1.82, 2.24) is 5.32 Å². The van der Waals surface area contributed by atoms with Crippen molar-refractivity contribution in [3.63, 3.8) is 0 Å². The standard InChI is InChI=1S/C13H25N2O4P.2Na/c1-8(2)6-13(15-9(3)16)11-5-4-10(7-12(11)14)20(17,18)19;;/h4,8,11-13H,5-7,14H2,1-3H3,(H,15,16)(H2,17,18,19);;/q;2*+1/p-2. The molecule has 0 spiro atoms. The first-order valence-corrected chi connectivity index (χ1v) is 8.39. The summed E-state index contributed by atoms with van der Waals surface area (Å²) in [4.78, 5) is 33.4. The summed E-state index contributed by atoms with van der Waals surface area (Å²) in [5.74, 6) is 0.210. The summed E-state index contributed by atoms with van der Waals surface area (Å²) >= 11 is 0. The summed E-state index contributed by atoms with van der Waals surface area (Å²) in [5.41, 5.74) is 6.03. The second-order valence-electron chi connectivity index (χ2n) is 5.90. The minimum absolute atomic E-state index is 0. The molecule has 0 aliphatic heterocycles. The van der Waals surface area contributed by atoms with Gasteiger partial charge in [0.1, 0.15) is 0 Å². The van der Waals surface area contributed by atoms with E-state index in [2.05, 4.69) is 5.32 Å². The van der Waals surface area contributed by atoms with Crippen molar-refractivity contribution in [3.05, 3.63) is 11.4 Å². The molecule has 3 unspecified atom stereocenters. The second-order valence-corrected chi connectivity index (χ2v) is 7.47. The van der Waals surface area contributed by atoms with Gasteiger partial charge in [0.15, 0.2) is 0 Å². The molecule has 0 radical (unpaired) electrons. The van der Waals surface area contributed by atoms with Gasteiger partial charge < -0.3 is 25.4 Å². The molecule has 1 rings (SSSR count). The number of rotatable bonds is 5. The maximum atomic E-state index is 11.3. The topological polar surface area (TPSA) is 118 Å². The van der Waals surface area contributed by atoms with E-state index in [9.17, 15) is 19.1 Å². The third-order valence-corrected chi connectivity index (χ3v) is 4.67. The van der Waals surface area contributed by atoms with Crippen LogP contribution in [0.1, 0.15) is 40.0 Å². The van der Waals surface area contributed by atoms with E-state index in [0.29, 0.717) is 12.3 Å². The van der Waals surface area contributed by atoms with E-state index in [1.54, 1.807) is 0 Å². The van der Waals surface area contributed by atoms with E-state index in [-0.39, 0.29) is 88.7 Å². The van der Waals surface area contributed by atoms with Gasteiger partial charge in [-0.15, -0.1) is 0 Å². The van der Waals surface area contributed by atoms with Crippen molar-refractivity contribution in [2.75, 3.05) is 0 Å². The Morgan fingerprint density at radius 2 is 2.00 bits per heavy atom. The van der Waals surface area contributed by atoms with Crippen LogP contribution in [0.4, 0.5) is 0 Å². The Kier molecular flexibility index (Phi) is 12.8. The molecule has 0 aromatic rings. The van der Waals surface area contributed by atoms with Gasteiger partial charge in [-0.3, -0.25) is 4.79 Å². The average molecular weight is 348 g/mol. The van der Waals surface area contributed by atoms with Crippen molar-refractivity contribution >= 4 is 13.5 Å². The maximum Gasteiger partial charge on any atom is 1.00 e. The number of allylic oxidation sites excluding steroid dienone is 1. The van der Waals surface area contributed by atoms with Crippen molar-refractivity contribution in [2.45, 2.75) is 52.1 Å². The summed E-state index contributed by atoms with van der Waals surface area (Å²) in [5, 5.41) is 2.79. The van der Waals surface area contributed by atoms with Gasteiger partial charge in [0.05, 0.1) is 0 Å². The van der Waals surface area contributed by atoms with Gasteiger partial charge >= 0.3 is 59.1 Å². The predicted molar refractivity (Wildman–Crippen MR) is 73.4 cm³/mol. The van der Waals surface area contributed by atoms with Crippen molar-refractivity contribution in [2.24, 2.45) is 17.6 Å². The Bertz CT molecular complexity index is 440. The molecule has 0 saturated heterocycles. The fraction of sp³-hybridized carbons (Fsp3) is 0.769. The van der Waals surface area contributed by atoms with Gasteiger partial charge in [0.25, 0.3) is 0 Å². The fourth-order valence-electron chi connectivity index (χ4n) is 2.72. The number of hydrogen-bond acceptors (Lipinski definition) is 5. The van der Waals surface area contributed by atoms with Gasteiger partial charge in [0.2, 0.25) is 5.91 Å². The smallest absolute Gasteiger partial charge is 0.808 e. The average Bonchev–Trinajstić information content (AvgIpc) is 2.25. The monoisotopic (exact) mass is 348 g/mol. The maximum absolute atomic E-state index is 11.3. The third kappa shape index (κ3) is 8.43. The van der Waals surface area contributed by atoms with E-state index < -0.39 is 13.6 Å². The summed E-state index contributed by atoms with van der Waals surface area (Å²) in [6.07, 6.45) is 2.70. The van der Waals surface area contributed by atoms with E-state index in [1.807, 2.05) is 13.8 Å².